The summed E-state index contributed by atoms with van der Waals surface area (Å²) in [6, 6.07) is 11.8. The van der Waals surface area contributed by atoms with Crippen molar-refractivity contribution in [2.75, 3.05) is 27.2 Å². The lowest BCUT2D eigenvalue weighted by Gasteiger charge is -2.36. The van der Waals surface area contributed by atoms with Gasteiger partial charge in [0.15, 0.2) is 5.82 Å². The molecule has 1 aliphatic rings. The van der Waals surface area contributed by atoms with Gasteiger partial charge in [-0.15, -0.1) is 10.2 Å². The molecule has 3 aromatic rings. The lowest BCUT2D eigenvalue weighted by molar-refractivity contribution is -0.137. The first-order valence-electron chi connectivity index (χ1n) is 12.4. The molecule has 1 aromatic heterocycles. The Morgan fingerprint density at radius 3 is 2.47 bits per heavy atom. The second-order valence-electron chi connectivity index (χ2n) is 9.43. The van der Waals surface area contributed by atoms with E-state index in [9.17, 15) is 18.0 Å². The standard InChI is InChI=1S/C27H31F3N6O2/c1-19-31-33-36(32-19)18-22-16-23(27(28,29)30)8-6-21(22)7-11-26(37)35-14-12-24(13-15-35)34(2)17-20-4-9-25(38-3)10-5-20/h4-11,16,24H,12-15,17-18H2,1-3H3. The summed E-state index contributed by atoms with van der Waals surface area (Å²) in [6.07, 6.45) is 0.185. The van der Waals surface area contributed by atoms with E-state index in [2.05, 4.69) is 27.4 Å². The molecule has 1 amide bonds. The number of hydrogen-bond donors (Lipinski definition) is 0. The Bertz CT molecular complexity index is 1260. The fourth-order valence-corrected chi connectivity index (χ4v) is 4.57. The Kier molecular flexibility index (Phi) is 8.45. The van der Waals surface area contributed by atoms with Crippen LogP contribution in [0.15, 0.2) is 48.5 Å². The van der Waals surface area contributed by atoms with Gasteiger partial charge in [0.2, 0.25) is 5.91 Å². The maximum Gasteiger partial charge on any atom is 0.416 e. The molecule has 1 aliphatic heterocycles. The van der Waals surface area contributed by atoms with E-state index >= 15 is 0 Å². The van der Waals surface area contributed by atoms with Crippen LogP contribution in [-0.2, 0) is 24.1 Å². The highest BCUT2D eigenvalue weighted by molar-refractivity contribution is 5.92. The number of rotatable bonds is 8. The summed E-state index contributed by atoms with van der Waals surface area (Å²) in [5.41, 5.74) is 1.27. The van der Waals surface area contributed by atoms with Crippen LogP contribution in [0.1, 0.15) is 40.9 Å². The van der Waals surface area contributed by atoms with E-state index in [1.165, 1.54) is 22.5 Å². The van der Waals surface area contributed by atoms with Gasteiger partial charge in [0.1, 0.15) is 5.75 Å². The zero-order chi connectivity index (χ0) is 27.3. The number of nitrogens with zero attached hydrogens (tertiary/aromatic N) is 6. The molecule has 8 nitrogen and oxygen atoms in total. The van der Waals surface area contributed by atoms with Crippen LogP contribution in [0.2, 0.25) is 0 Å². The summed E-state index contributed by atoms with van der Waals surface area (Å²) in [5, 5.41) is 11.7. The molecule has 1 fully saturated rings. The Morgan fingerprint density at radius 2 is 1.87 bits per heavy atom. The van der Waals surface area contributed by atoms with Crippen molar-refractivity contribution in [1.82, 2.24) is 30.0 Å². The molecule has 0 radical (unpaired) electrons. The van der Waals surface area contributed by atoms with Crippen molar-refractivity contribution in [3.05, 3.63) is 76.6 Å². The van der Waals surface area contributed by atoms with Gasteiger partial charge < -0.3 is 9.64 Å². The third-order valence-corrected chi connectivity index (χ3v) is 6.73. The van der Waals surface area contributed by atoms with Gasteiger partial charge in [-0.2, -0.15) is 18.0 Å². The second kappa shape index (κ2) is 11.8. The molecule has 0 saturated carbocycles. The normalized spacial score (nSPS) is 15.0. The lowest BCUT2D eigenvalue weighted by atomic mass is 10.0. The predicted octanol–water partition coefficient (Wildman–Crippen LogP) is 4.19. The average Bonchev–Trinajstić information content (AvgIpc) is 3.32. The van der Waals surface area contributed by atoms with Crippen molar-refractivity contribution >= 4 is 12.0 Å². The minimum atomic E-state index is -4.48. The number of benzene rings is 2. The third-order valence-electron chi connectivity index (χ3n) is 6.73. The third kappa shape index (κ3) is 6.97. The summed E-state index contributed by atoms with van der Waals surface area (Å²) in [4.78, 5) is 18.2. The number of alkyl halides is 3. The van der Waals surface area contributed by atoms with Crippen molar-refractivity contribution in [3.8, 4) is 5.75 Å². The van der Waals surface area contributed by atoms with Crippen LogP contribution in [0.4, 0.5) is 13.2 Å². The number of piperidine rings is 1. The highest BCUT2D eigenvalue weighted by atomic mass is 19.4. The van der Waals surface area contributed by atoms with Gasteiger partial charge in [-0.05, 0) is 79.1 Å². The predicted molar refractivity (Wildman–Crippen MR) is 136 cm³/mol. The molecule has 0 spiro atoms. The minimum absolute atomic E-state index is 0.00451. The number of carbonyl (C=O) groups is 1. The number of carbonyl (C=O) groups excluding carboxylic acids is 1. The highest BCUT2D eigenvalue weighted by Crippen LogP contribution is 2.31. The van der Waals surface area contributed by atoms with E-state index in [0.717, 1.165) is 37.3 Å². The van der Waals surface area contributed by atoms with Crippen molar-refractivity contribution in [2.45, 2.75) is 45.1 Å². The van der Waals surface area contributed by atoms with Crippen LogP contribution >= 0.6 is 0 Å². The van der Waals surface area contributed by atoms with Gasteiger partial charge in [0.05, 0.1) is 19.2 Å². The molecule has 2 heterocycles. The maximum atomic E-state index is 13.3. The van der Waals surface area contributed by atoms with Crippen molar-refractivity contribution in [3.63, 3.8) is 0 Å². The number of amides is 1. The monoisotopic (exact) mass is 528 g/mol. The Morgan fingerprint density at radius 1 is 1.16 bits per heavy atom. The van der Waals surface area contributed by atoms with E-state index < -0.39 is 11.7 Å². The van der Waals surface area contributed by atoms with E-state index in [1.807, 2.05) is 24.3 Å². The molecule has 0 aliphatic carbocycles. The Hall–Kier alpha value is -3.73. The van der Waals surface area contributed by atoms with E-state index in [-0.39, 0.29) is 12.5 Å². The molecule has 38 heavy (non-hydrogen) atoms. The molecule has 11 heteroatoms. The van der Waals surface area contributed by atoms with Gasteiger partial charge in [-0.1, -0.05) is 18.2 Å². The number of hydrogen-bond acceptors (Lipinski definition) is 6. The van der Waals surface area contributed by atoms with E-state index in [4.69, 9.17) is 4.74 Å². The zero-order valence-corrected chi connectivity index (χ0v) is 21.6. The highest BCUT2D eigenvalue weighted by Gasteiger charge is 2.31. The second-order valence-corrected chi connectivity index (χ2v) is 9.43. The topological polar surface area (TPSA) is 76.4 Å². The molecular weight excluding hydrogens is 497 g/mol. The van der Waals surface area contributed by atoms with Gasteiger partial charge in [0.25, 0.3) is 0 Å². The van der Waals surface area contributed by atoms with Gasteiger partial charge in [-0.3, -0.25) is 9.69 Å². The molecule has 0 atom stereocenters. The fraction of sp³-hybridized carbons (Fsp3) is 0.407. The van der Waals surface area contributed by atoms with E-state index in [1.54, 1.807) is 25.0 Å². The molecule has 0 unspecified atom stereocenters. The van der Waals surface area contributed by atoms with Crippen molar-refractivity contribution < 1.29 is 22.7 Å². The number of aryl methyl sites for hydroxylation is 1. The fourth-order valence-electron chi connectivity index (χ4n) is 4.57. The van der Waals surface area contributed by atoms with Gasteiger partial charge in [0, 0.05) is 31.8 Å². The largest absolute Gasteiger partial charge is 0.497 e. The average molecular weight is 529 g/mol. The van der Waals surface area contributed by atoms with Gasteiger partial charge in [-0.25, -0.2) is 0 Å². The number of aromatic nitrogens is 4. The molecule has 2 aromatic carbocycles. The smallest absolute Gasteiger partial charge is 0.416 e. The van der Waals surface area contributed by atoms with Crippen LogP contribution in [0.25, 0.3) is 6.08 Å². The number of tetrazole rings is 1. The number of methoxy groups -OCH3 is 1. The van der Waals surface area contributed by atoms with E-state index in [0.29, 0.717) is 36.1 Å². The quantitative estimate of drug-likeness (QED) is 0.408. The molecule has 1 saturated heterocycles. The summed E-state index contributed by atoms with van der Waals surface area (Å²) in [6.45, 7) is 3.69. The van der Waals surface area contributed by atoms with Crippen LogP contribution in [0, 0.1) is 6.92 Å². The summed E-state index contributed by atoms with van der Waals surface area (Å²) in [7, 11) is 3.73. The number of ether oxygens (including phenoxy) is 1. The molecule has 202 valence electrons. The first-order chi connectivity index (χ1) is 18.1. The number of halogens is 3. The van der Waals surface area contributed by atoms with Crippen LogP contribution in [-0.4, -0.2) is 69.2 Å². The lowest BCUT2D eigenvalue weighted by Crippen LogP contribution is -2.44. The van der Waals surface area contributed by atoms with Crippen LogP contribution in [0.3, 0.4) is 0 Å². The Balaban J connectivity index is 1.37. The first kappa shape index (κ1) is 27.3. The molecule has 4 rings (SSSR count). The molecule has 0 bridgehead atoms. The Labute approximate surface area is 219 Å². The summed E-state index contributed by atoms with van der Waals surface area (Å²) >= 11 is 0. The van der Waals surface area contributed by atoms with Crippen LogP contribution < -0.4 is 4.74 Å². The van der Waals surface area contributed by atoms with Gasteiger partial charge >= 0.3 is 6.18 Å². The number of likely N-dealkylation sites (tertiary alicyclic amines) is 1. The molecular formula is C27H31F3N6O2. The summed E-state index contributed by atoms with van der Waals surface area (Å²) in [5.74, 6) is 1.08. The SMILES string of the molecule is COc1ccc(CN(C)C2CCN(C(=O)C=Cc3ccc(C(F)(F)F)cc3Cn3nnc(C)n3)CC2)cc1. The van der Waals surface area contributed by atoms with Crippen molar-refractivity contribution in [1.29, 1.82) is 0 Å². The maximum absolute atomic E-state index is 13.3. The minimum Gasteiger partial charge on any atom is -0.497 e. The first-order valence-corrected chi connectivity index (χ1v) is 12.4. The van der Waals surface area contributed by atoms with Crippen LogP contribution in [0.5, 0.6) is 5.75 Å². The summed E-state index contributed by atoms with van der Waals surface area (Å²) < 4.78 is 45.1. The van der Waals surface area contributed by atoms with Crippen molar-refractivity contribution in [2.24, 2.45) is 0 Å². The molecule has 0 N–H and O–H groups in total. The zero-order valence-electron chi connectivity index (χ0n) is 21.6.